The maximum absolute atomic E-state index is 11.3. The number of rotatable bonds is 5. The van der Waals surface area contributed by atoms with Crippen LogP contribution in [0.1, 0.15) is 22.0 Å². The van der Waals surface area contributed by atoms with Crippen molar-refractivity contribution >= 4 is 5.97 Å². The Morgan fingerprint density at radius 2 is 2.18 bits per heavy atom. The predicted molar refractivity (Wildman–Crippen MR) is 62.7 cm³/mol. The normalized spacial score (nSPS) is 14.1. The van der Waals surface area contributed by atoms with Crippen molar-refractivity contribution in [2.45, 2.75) is 12.2 Å². The van der Waals surface area contributed by atoms with Crippen LogP contribution >= 0.6 is 0 Å². The Bertz CT molecular complexity index is 381. The molecular formula is C12H17NO4. The molecule has 2 unspecified atom stereocenters. The number of carbonyl (C=O) groups is 1. The molecule has 0 spiro atoms. The summed E-state index contributed by atoms with van der Waals surface area (Å²) in [5.74, 6) is -0.470. The van der Waals surface area contributed by atoms with E-state index in [4.69, 9.17) is 0 Å². The van der Waals surface area contributed by atoms with Gasteiger partial charge in [-0.15, -0.1) is 0 Å². The molecule has 0 radical (unpaired) electrons. The summed E-state index contributed by atoms with van der Waals surface area (Å²) in [6.07, 6.45) is -1.96. The molecule has 0 aliphatic carbocycles. The molecule has 0 aliphatic heterocycles. The van der Waals surface area contributed by atoms with Crippen molar-refractivity contribution in [1.82, 2.24) is 5.32 Å². The minimum atomic E-state index is -1.04. The SMILES string of the molecule is CNCC(O)C(O)c1cccc(C(=O)OC)c1. The highest BCUT2D eigenvalue weighted by molar-refractivity contribution is 5.89. The molecule has 0 aliphatic rings. The number of hydrogen-bond acceptors (Lipinski definition) is 5. The summed E-state index contributed by atoms with van der Waals surface area (Å²) in [6.45, 7) is 0.267. The zero-order valence-corrected chi connectivity index (χ0v) is 9.88. The van der Waals surface area contributed by atoms with Gasteiger partial charge in [0.25, 0.3) is 0 Å². The molecule has 0 heterocycles. The number of likely N-dealkylation sites (N-methyl/N-ethyl adjacent to an activating group) is 1. The first-order valence-electron chi connectivity index (χ1n) is 5.29. The van der Waals surface area contributed by atoms with Crippen LogP contribution in [-0.4, -0.2) is 43.0 Å². The molecule has 94 valence electrons. The van der Waals surface area contributed by atoms with Crippen LogP contribution in [0, 0.1) is 0 Å². The van der Waals surface area contributed by atoms with Crippen LogP contribution in [0.4, 0.5) is 0 Å². The van der Waals surface area contributed by atoms with E-state index in [9.17, 15) is 15.0 Å². The van der Waals surface area contributed by atoms with Crippen molar-refractivity contribution in [2.24, 2.45) is 0 Å². The molecule has 17 heavy (non-hydrogen) atoms. The Labute approximate surface area is 100 Å². The summed E-state index contributed by atoms with van der Waals surface area (Å²) < 4.78 is 4.58. The molecule has 0 saturated heterocycles. The molecule has 5 nitrogen and oxygen atoms in total. The Morgan fingerprint density at radius 1 is 1.47 bits per heavy atom. The Balaban J connectivity index is 2.87. The molecule has 0 bridgehead atoms. The van der Waals surface area contributed by atoms with E-state index in [-0.39, 0.29) is 6.54 Å². The topological polar surface area (TPSA) is 78.8 Å². The van der Waals surface area contributed by atoms with Gasteiger partial charge in [0.2, 0.25) is 0 Å². The van der Waals surface area contributed by atoms with Crippen molar-refractivity contribution in [3.63, 3.8) is 0 Å². The van der Waals surface area contributed by atoms with Crippen molar-refractivity contribution in [3.8, 4) is 0 Å². The van der Waals surface area contributed by atoms with E-state index >= 15 is 0 Å². The fourth-order valence-corrected chi connectivity index (χ4v) is 1.51. The summed E-state index contributed by atoms with van der Waals surface area (Å²) in [7, 11) is 2.97. The lowest BCUT2D eigenvalue weighted by atomic mass is 10.0. The minimum absolute atomic E-state index is 0.267. The number of esters is 1. The maximum Gasteiger partial charge on any atom is 0.337 e. The lowest BCUT2D eigenvalue weighted by Gasteiger charge is -2.18. The van der Waals surface area contributed by atoms with E-state index in [1.54, 1.807) is 25.2 Å². The van der Waals surface area contributed by atoms with Crippen LogP contribution in [0.5, 0.6) is 0 Å². The molecule has 1 aromatic carbocycles. The third-order valence-corrected chi connectivity index (χ3v) is 2.43. The molecule has 0 saturated carbocycles. The van der Waals surface area contributed by atoms with Crippen LogP contribution in [-0.2, 0) is 4.74 Å². The Kier molecular flexibility index (Phi) is 5.09. The standard InChI is InChI=1S/C12H17NO4/c1-13-7-10(14)11(15)8-4-3-5-9(6-8)12(16)17-2/h3-6,10-11,13-15H,7H2,1-2H3. The van der Waals surface area contributed by atoms with Crippen LogP contribution in [0.15, 0.2) is 24.3 Å². The summed E-state index contributed by atoms with van der Waals surface area (Å²) in [4.78, 5) is 11.3. The van der Waals surface area contributed by atoms with Gasteiger partial charge in [-0.25, -0.2) is 4.79 Å². The number of hydrogen-bond donors (Lipinski definition) is 3. The molecule has 2 atom stereocenters. The van der Waals surface area contributed by atoms with Gasteiger partial charge >= 0.3 is 5.97 Å². The van der Waals surface area contributed by atoms with E-state index in [0.29, 0.717) is 11.1 Å². The van der Waals surface area contributed by atoms with Gasteiger partial charge in [0, 0.05) is 6.54 Å². The van der Waals surface area contributed by atoms with E-state index in [1.807, 2.05) is 0 Å². The summed E-state index contributed by atoms with van der Waals surface area (Å²) in [5, 5.41) is 22.3. The first kappa shape index (κ1) is 13.6. The highest BCUT2D eigenvalue weighted by atomic mass is 16.5. The highest BCUT2D eigenvalue weighted by Crippen LogP contribution is 2.18. The van der Waals surface area contributed by atoms with Gasteiger partial charge in [0.1, 0.15) is 6.10 Å². The van der Waals surface area contributed by atoms with Gasteiger partial charge in [-0.05, 0) is 24.7 Å². The van der Waals surface area contributed by atoms with Crippen LogP contribution in [0.2, 0.25) is 0 Å². The van der Waals surface area contributed by atoms with Crippen molar-refractivity contribution in [2.75, 3.05) is 20.7 Å². The first-order valence-corrected chi connectivity index (χ1v) is 5.29. The Hall–Kier alpha value is -1.43. The monoisotopic (exact) mass is 239 g/mol. The largest absolute Gasteiger partial charge is 0.465 e. The molecule has 5 heteroatoms. The number of benzene rings is 1. The van der Waals surface area contributed by atoms with Gasteiger partial charge in [-0.2, -0.15) is 0 Å². The molecular weight excluding hydrogens is 222 g/mol. The van der Waals surface area contributed by atoms with E-state index in [0.717, 1.165) is 0 Å². The smallest absolute Gasteiger partial charge is 0.337 e. The fourth-order valence-electron chi connectivity index (χ4n) is 1.51. The van der Waals surface area contributed by atoms with E-state index < -0.39 is 18.2 Å². The molecule has 1 aromatic rings. The maximum atomic E-state index is 11.3. The summed E-state index contributed by atoms with van der Waals surface area (Å²) in [5.41, 5.74) is 0.830. The van der Waals surface area contributed by atoms with Crippen molar-refractivity contribution in [1.29, 1.82) is 0 Å². The number of methoxy groups -OCH3 is 1. The zero-order chi connectivity index (χ0) is 12.8. The van der Waals surface area contributed by atoms with Gasteiger partial charge in [-0.1, -0.05) is 12.1 Å². The second kappa shape index (κ2) is 6.34. The first-order chi connectivity index (χ1) is 8.10. The van der Waals surface area contributed by atoms with Crippen LogP contribution in [0.25, 0.3) is 0 Å². The summed E-state index contributed by atoms with van der Waals surface area (Å²) in [6, 6.07) is 6.38. The lowest BCUT2D eigenvalue weighted by Crippen LogP contribution is -2.29. The molecule has 3 N–H and O–H groups in total. The van der Waals surface area contributed by atoms with Crippen molar-refractivity contribution in [3.05, 3.63) is 35.4 Å². The van der Waals surface area contributed by atoms with Crippen LogP contribution in [0.3, 0.4) is 0 Å². The molecule has 0 aromatic heterocycles. The quantitative estimate of drug-likeness (QED) is 0.634. The highest BCUT2D eigenvalue weighted by Gasteiger charge is 2.18. The average Bonchev–Trinajstić information content (AvgIpc) is 2.37. The van der Waals surface area contributed by atoms with Gasteiger partial charge in [0.05, 0.1) is 18.8 Å². The fraction of sp³-hybridized carbons (Fsp3) is 0.417. The minimum Gasteiger partial charge on any atom is -0.465 e. The van der Waals surface area contributed by atoms with Gasteiger partial charge in [0.15, 0.2) is 0 Å². The predicted octanol–water partition coefficient (Wildman–Crippen LogP) is 0.0869. The number of carbonyl (C=O) groups excluding carboxylic acids is 1. The lowest BCUT2D eigenvalue weighted by molar-refractivity contribution is 0.0201. The van der Waals surface area contributed by atoms with Gasteiger partial charge in [-0.3, -0.25) is 0 Å². The van der Waals surface area contributed by atoms with E-state index in [1.165, 1.54) is 13.2 Å². The van der Waals surface area contributed by atoms with E-state index in [2.05, 4.69) is 10.1 Å². The molecule has 1 rings (SSSR count). The number of aliphatic hydroxyl groups is 2. The third-order valence-electron chi connectivity index (χ3n) is 2.43. The second-order valence-corrected chi connectivity index (χ2v) is 3.69. The molecule has 0 amide bonds. The molecule has 0 fully saturated rings. The number of ether oxygens (including phenoxy) is 1. The summed E-state index contributed by atoms with van der Waals surface area (Å²) >= 11 is 0. The second-order valence-electron chi connectivity index (χ2n) is 3.69. The third kappa shape index (κ3) is 3.52. The van der Waals surface area contributed by atoms with Crippen LogP contribution < -0.4 is 5.32 Å². The van der Waals surface area contributed by atoms with Gasteiger partial charge < -0.3 is 20.3 Å². The average molecular weight is 239 g/mol. The number of aliphatic hydroxyl groups excluding tert-OH is 2. The Morgan fingerprint density at radius 3 is 2.76 bits per heavy atom. The number of nitrogens with one attached hydrogen (secondary N) is 1. The van der Waals surface area contributed by atoms with Crippen molar-refractivity contribution < 1.29 is 19.7 Å². The zero-order valence-electron chi connectivity index (χ0n) is 9.88.